The molecule has 1 aromatic carbocycles. The van der Waals surface area contributed by atoms with Crippen LogP contribution in [-0.2, 0) is 6.54 Å². The van der Waals surface area contributed by atoms with E-state index in [1.54, 1.807) is 18.5 Å². The van der Waals surface area contributed by atoms with E-state index in [2.05, 4.69) is 38.3 Å². The van der Waals surface area contributed by atoms with E-state index in [4.69, 9.17) is 10.5 Å². The van der Waals surface area contributed by atoms with Crippen molar-refractivity contribution in [3.05, 3.63) is 42.2 Å². The van der Waals surface area contributed by atoms with Crippen LogP contribution in [0.5, 0.6) is 6.01 Å². The molecule has 2 N–H and O–H groups in total. The lowest BCUT2D eigenvalue weighted by molar-refractivity contribution is 0.380. The van der Waals surface area contributed by atoms with Crippen molar-refractivity contribution in [1.82, 2.24) is 29.9 Å². The topological polar surface area (TPSA) is 128 Å². The summed E-state index contributed by atoms with van der Waals surface area (Å²) in [6.07, 6.45) is 4.15. The smallest absolute Gasteiger partial charge is 0.316 e. The Labute approximate surface area is 166 Å². The second-order valence-electron chi connectivity index (χ2n) is 6.40. The summed E-state index contributed by atoms with van der Waals surface area (Å²) in [6, 6.07) is 9.99. The van der Waals surface area contributed by atoms with Crippen molar-refractivity contribution in [1.29, 1.82) is 5.26 Å². The number of nitrogen functional groups attached to an aromatic ring is 1. The molecular weight excluding hydrogens is 368 g/mol. The van der Waals surface area contributed by atoms with Gasteiger partial charge in [-0.05, 0) is 24.6 Å². The fourth-order valence-corrected chi connectivity index (χ4v) is 3.13. The minimum atomic E-state index is 0.144. The van der Waals surface area contributed by atoms with E-state index in [1.165, 1.54) is 7.11 Å². The van der Waals surface area contributed by atoms with Crippen LogP contribution in [0.3, 0.4) is 0 Å². The number of fused-ring (bicyclic) bond motifs is 1. The van der Waals surface area contributed by atoms with Crippen LogP contribution < -0.4 is 10.5 Å². The van der Waals surface area contributed by atoms with Crippen molar-refractivity contribution in [2.45, 2.75) is 19.9 Å². The number of aryl methyl sites for hydroxylation is 1. The lowest BCUT2D eigenvalue weighted by Gasteiger charge is -2.10. The number of anilines is 1. The SMILES string of the molecule is CCCn1nnc2cc(-c3cc(-c4cnc(OC)nc4)c(C#N)c(N)n3)ccc21. The zero-order valence-electron chi connectivity index (χ0n) is 16.0. The molecule has 4 aromatic rings. The first kappa shape index (κ1) is 18.3. The van der Waals surface area contributed by atoms with Crippen molar-refractivity contribution in [3.63, 3.8) is 0 Å². The van der Waals surface area contributed by atoms with Crippen LogP contribution in [0.1, 0.15) is 18.9 Å². The first-order valence-corrected chi connectivity index (χ1v) is 9.05. The van der Waals surface area contributed by atoms with Gasteiger partial charge in [0.05, 0.1) is 18.3 Å². The van der Waals surface area contributed by atoms with E-state index in [0.29, 0.717) is 16.8 Å². The molecule has 3 aromatic heterocycles. The number of benzene rings is 1. The van der Waals surface area contributed by atoms with Crippen molar-refractivity contribution < 1.29 is 4.74 Å². The molecule has 144 valence electrons. The number of nitriles is 1. The minimum absolute atomic E-state index is 0.144. The van der Waals surface area contributed by atoms with Crippen LogP contribution in [0.4, 0.5) is 5.82 Å². The van der Waals surface area contributed by atoms with Crippen molar-refractivity contribution in [2.75, 3.05) is 12.8 Å². The Morgan fingerprint density at radius 2 is 1.97 bits per heavy atom. The molecule has 0 radical (unpaired) electrons. The molecule has 0 fully saturated rings. The van der Waals surface area contributed by atoms with E-state index < -0.39 is 0 Å². The van der Waals surface area contributed by atoms with E-state index >= 15 is 0 Å². The number of hydrogen-bond acceptors (Lipinski definition) is 8. The third-order valence-electron chi connectivity index (χ3n) is 4.53. The Kier molecular flexibility index (Phi) is 4.75. The highest BCUT2D eigenvalue weighted by Gasteiger charge is 2.15. The number of pyridine rings is 1. The number of nitrogens with two attached hydrogens (primary N) is 1. The maximum Gasteiger partial charge on any atom is 0.316 e. The summed E-state index contributed by atoms with van der Waals surface area (Å²) in [5.74, 6) is 0.144. The molecule has 0 atom stereocenters. The highest BCUT2D eigenvalue weighted by molar-refractivity contribution is 5.84. The second-order valence-corrected chi connectivity index (χ2v) is 6.40. The Morgan fingerprint density at radius 3 is 2.66 bits per heavy atom. The summed E-state index contributed by atoms with van der Waals surface area (Å²) in [6.45, 7) is 2.90. The molecule has 0 unspecified atom stereocenters. The van der Waals surface area contributed by atoms with E-state index in [1.807, 2.05) is 22.9 Å². The quantitative estimate of drug-likeness (QED) is 0.554. The normalized spacial score (nSPS) is 10.8. The molecular formula is C20H18N8O. The zero-order chi connectivity index (χ0) is 20.4. The van der Waals surface area contributed by atoms with Gasteiger partial charge in [0, 0.05) is 35.6 Å². The number of ether oxygens (including phenoxy) is 1. The van der Waals surface area contributed by atoms with Gasteiger partial charge in [0.15, 0.2) is 0 Å². The zero-order valence-corrected chi connectivity index (χ0v) is 16.0. The molecule has 3 heterocycles. The Balaban J connectivity index is 1.83. The highest BCUT2D eigenvalue weighted by Crippen LogP contribution is 2.31. The summed E-state index contributed by atoms with van der Waals surface area (Å²) in [5.41, 5.74) is 10.8. The standard InChI is InChI=1S/C20H18N8O/c1-3-6-28-18-5-4-12(7-17(18)26-27-28)16-8-14(15(9-21)19(22)25-16)13-10-23-20(29-2)24-11-13/h4-5,7-8,10-11H,3,6H2,1-2H3,(H2,22,25). The van der Waals surface area contributed by atoms with Crippen LogP contribution in [0.2, 0.25) is 0 Å². The molecule has 0 amide bonds. The number of rotatable bonds is 5. The van der Waals surface area contributed by atoms with Crippen LogP contribution in [0.25, 0.3) is 33.4 Å². The van der Waals surface area contributed by atoms with E-state index in [0.717, 1.165) is 29.6 Å². The summed E-state index contributed by atoms with van der Waals surface area (Å²) < 4.78 is 6.87. The first-order chi connectivity index (χ1) is 14.1. The summed E-state index contributed by atoms with van der Waals surface area (Å²) in [5, 5.41) is 18.0. The molecule has 29 heavy (non-hydrogen) atoms. The third kappa shape index (κ3) is 3.32. The number of hydrogen-bond donors (Lipinski definition) is 1. The van der Waals surface area contributed by atoms with Crippen LogP contribution in [0, 0.1) is 11.3 Å². The van der Waals surface area contributed by atoms with Gasteiger partial charge in [-0.15, -0.1) is 5.10 Å². The monoisotopic (exact) mass is 386 g/mol. The van der Waals surface area contributed by atoms with Gasteiger partial charge in [0.1, 0.15) is 23.0 Å². The lowest BCUT2D eigenvalue weighted by atomic mass is 10.0. The molecule has 0 aliphatic heterocycles. The molecule has 0 aliphatic rings. The van der Waals surface area contributed by atoms with Crippen LogP contribution in [-0.4, -0.2) is 37.1 Å². The molecule has 4 rings (SSSR count). The van der Waals surface area contributed by atoms with E-state index in [-0.39, 0.29) is 17.4 Å². The Bertz CT molecular complexity index is 1220. The molecule has 0 spiro atoms. The van der Waals surface area contributed by atoms with Gasteiger partial charge >= 0.3 is 6.01 Å². The Morgan fingerprint density at radius 1 is 1.17 bits per heavy atom. The fraction of sp³-hybridized carbons (Fsp3) is 0.200. The number of aromatic nitrogens is 6. The summed E-state index contributed by atoms with van der Waals surface area (Å²) in [4.78, 5) is 12.7. The molecule has 9 nitrogen and oxygen atoms in total. The molecule has 9 heteroatoms. The number of methoxy groups -OCH3 is 1. The minimum Gasteiger partial charge on any atom is -0.467 e. The van der Waals surface area contributed by atoms with Crippen LogP contribution >= 0.6 is 0 Å². The predicted molar refractivity (Wildman–Crippen MR) is 108 cm³/mol. The van der Waals surface area contributed by atoms with Gasteiger partial charge in [0.2, 0.25) is 0 Å². The maximum absolute atomic E-state index is 9.56. The first-order valence-electron chi connectivity index (χ1n) is 9.05. The van der Waals surface area contributed by atoms with Crippen molar-refractivity contribution >= 4 is 16.9 Å². The molecule has 0 bridgehead atoms. The fourth-order valence-electron chi connectivity index (χ4n) is 3.13. The average Bonchev–Trinajstić information content (AvgIpc) is 3.15. The average molecular weight is 386 g/mol. The predicted octanol–water partition coefficient (Wildman–Crippen LogP) is 2.82. The molecule has 0 aliphatic carbocycles. The maximum atomic E-state index is 9.56. The summed E-state index contributed by atoms with van der Waals surface area (Å²) in [7, 11) is 1.49. The lowest BCUT2D eigenvalue weighted by Crippen LogP contribution is -2.01. The van der Waals surface area contributed by atoms with Gasteiger partial charge in [-0.2, -0.15) is 5.26 Å². The van der Waals surface area contributed by atoms with Gasteiger partial charge < -0.3 is 10.5 Å². The van der Waals surface area contributed by atoms with Gasteiger partial charge in [-0.25, -0.2) is 19.6 Å². The van der Waals surface area contributed by atoms with Crippen molar-refractivity contribution in [3.8, 4) is 34.5 Å². The van der Waals surface area contributed by atoms with Crippen LogP contribution in [0.15, 0.2) is 36.7 Å². The second kappa shape index (κ2) is 7.52. The van der Waals surface area contributed by atoms with Gasteiger partial charge in [0.25, 0.3) is 0 Å². The van der Waals surface area contributed by atoms with Gasteiger partial charge in [-0.3, -0.25) is 0 Å². The summed E-state index contributed by atoms with van der Waals surface area (Å²) >= 11 is 0. The Hall–Kier alpha value is -4.06. The van der Waals surface area contributed by atoms with Gasteiger partial charge in [-0.1, -0.05) is 18.2 Å². The largest absolute Gasteiger partial charge is 0.467 e. The molecule has 0 saturated heterocycles. The number of nitrogens with zero attached hydrogens (tertiary/aromatic N) is 7. The van der Waals surface area contributed by atoms with Crippen molar-refractivity contribution in [2.24, 2.45) is 0 Å². The molecule has 0 saturated carbocycles. The third-order valence-corrected chi connectivity index (χ3v) is 4.53. The highest BCUT2D eigenvalue weighted by atomic mass is 16.5. The van der Waals surface area contributed by atoms with E-state index in [9.17, 15) is 5.26 Å².